The first-order chi connectivity index (χ1) is 4.00. The van der Waals surface area contributed by atoms with Crippen molar-refractivity contribution in [2.75, 3.05) is 26.4 Å². The van der Waals surface area contributed by atoms with Gasteiger partial charge in [0.2, 0.25) is 0 Å². The molecule has 0 aromatic heterocycles. The van der Waals surface area contributed by atoms with Crippen molar-refractivity contribution in [1.82, 2.24) is 0 Å². The van der Waals surface area contributed by atoms with Crippen LogP contribution in [0, 0.1) is 0 Å². The molecule has 48 valence electrons. The van der Waals surface area contributed by atoms with Gasteiger partial charge in [-0.25, -0.2) is 9.78 Å². The summed E-state index contributed by atoms with van der Waals surface area (Å²) in [5, 5.41) is 0. The Kier molecular flexibility index (Phi) is 2.88. The molecule has 0 aromatic carbocycles. The van der Waals surface area contributed by atoms with Gasteiger partial charge in [0, 0.05) is 6.61 Å². The normalized spacial score (nSPS) is 24.0. The first kappa shape index (κ1) is 6.01. The van der Waals surface area contributed by atoms with Gasteiger partial charge in [-0.3, -0.25) is 0 Å². The monoisotopic (exact) mass is 118 g/mol. The first-order valence-electron chi connectivity index (χ1n) is 2.82. The van der Waals surface area contributed by atoms with Crippen molar-refractivity contribution in [1.29, 1.82) is 0 Å². The Morgan fingerprint density at radius 2 is 1.62 bits per heavy atom. The number of rotatable bonds is 0. The molecule has 0 amide bonds. The zero-order chi connectivity index (χ0) is 5.66. The maximum Gasteiger partial charge on any atom is 0.106 e. The Labute approximate surface area is 48.5 Å². The van der Waals surface area contributed by atoms with Crippen molar-refractivity contribution in [3.05, 3.63) is 0 Å². The van der Waals surface area contributed by atoms with E-state index in [2.05, 4.69) is 4.89 Å². The van der Waals surface area contributed by atoms with E-state index in [1.165, 1.54) is 0 Å². The number of ether oxygens (including phenoxy) is 1. The SMILES string of the molecule is C1COCCOOC1. The van der Waals surface area contributed by atoms with Gasteiger partial charge in [-0.05, 0) is 6.42 Å². The van der Waals surface area contributed by atoms with Crippen LogP contribution in [0.15, 0.2) is 0 Å². The van der Waals surface area contributed by atoms with E-state index in [-0.39, 0.29) is 0 Å². The van der Waals surface area contributed by atoms with Gasteiger partial charge in [-0.15, -0.1) is 0 Å². The van der Waals surface area contributed by atoms with Crippen LogP contribution in [0.25, 0.3) is 0 Å². The average molecular weight is 118 g/mol. The Morgan fingerprint density at radius 1 is 0.750 bits per heavy atom. The highest BCUT2D eigenvalue weighted by Crippen LogP contribution is 1.90. The van der Waals surface area contributed by atoms with Crippen molar-refractivity contribution in [2.24, 2.45) is 0 Å². The van der Waals surface area contributed by atoms with Crippen LogP contribution in [-0.2, 0) is 14.5 Å². The third-order valence-electron chi connectivity index (χ3n) is 0.911. The molecule has 1 aliphatic heterocycles. The predicted octanol–water partition coefficient (Wildman–Crippen LogP) is 0.355. The fourth-order valence-electron chi connectivity index (χ4n) is 0.533. The van der Waals surface area contributed by atoms with E-state index in [0.29, 0.717) is 19.8 Å². The highest BCUT2D eigenvalue weighted by Gasteiger charge is 1.95. The minimum atomic E-state index is 0.556. The summed E-state index contributed by atoms with van der Waals surface area (Å²) < 4.78 is 5.07. The van der Waals surface area contributed by atoms with E-state index in [1.807, 2.05) is 0 Å². The fourth-order valence-corrected chi connectivity index (χ4v) is 0.533. The Hall–Kier alpha value is -0.120. The molecule has 0 saturated carbocycles. The second kappa shape index (κ2) is 3.83. The molecule has 0 N–H and O–H groups in total. The second-order valence-corrected chi connectivity index (χ2v) is 1.61. The van der Waals surface area contributed by atoms with E-state index >= 15 is 0 Å². The van der Waals surface area contributed by atoms with Crippen molar-refractivity contribution in [3.63, 3.8) is 0 Å². The maximum atomic E-state index is 5.07. The summed E-state index contributed by atoms with van der Waals surface area (Å²) in [4.78, 5) is 9.34. The molecule has 0 radical (unpaired) electrons. The summed E-state index contributed by atoms with van der Waals surface area (Å²) in [6, 6.07) is 0. The summed E-state index contributed by atoms with van der Waals surface area (Å²) in [6.45, 7) is 2.66. The standard InChI is InChI=1S/C5H10O3/c1-2-6-4-5-8-7-3-1/h1-5H2. The van der Waals surface area contributed by atoms with Crippen molar-refractivity contribution < 1.29 is 14.5 Å². The zero-order valence-corrected chi connectivity index (χ0v) is 4.76. The minimum absolute atomic E-state index is 0.556. The van der Waals surface area contributed by atoms with Gasteiger partial charge < -0.3 is 4.74 Å². The predicted molar refractivity (Wildman–Crippen MR) is 27.3 cm³/mol. The van der Waals surface area contributed by atoms with Crippen molar-refractivity contribution in [2.45, 2.75) is 6.42 Å². The Bertz CT molecular complexity index is 31.6. The van der Waals surface area contributed by atoms with Crippen molar-refractivity contribution >= 4 is 0 Å². The second-order valence-electron chi connectivity index (χ2n) is 1.61. The van der Waals surface area contributed by atoms with Crippen LogP contribution >= 0.6 is 0 Å². The first-order valence-corrected chi connectivity index (χ1v) is 2.82. The summed E-state index contributed by atoms with van der Waals surface area (Å²) >= 11 is 0. The molecule has 0 aliphatic carbocycles. The maximum absolute atomic E-state index is 5.07. The smallest absolute Gasteiger partial charge is 0.106 e. The Morgan fingerprint density at radius 3 is 2.62 bits per heavy atom. The van der Waals surface area contributed by atoms with Gasteiger partial charge in [0.15, 0.2) is 0 Å². The van der Waals surface area contributed by atoms with E-state index in [1.54, 1.807) is 0 Å². The summed E-state index contributed by atoms with van der Waals surface area (Å²) in [5.74, 6) is 0. The van der Waals surface area contributed by atoms with Crippen LogP contribution < -0.4 is 0 Å². The number of hydrogen-bond donors (Lipinski definition) is 0. The van der Waals surface area contributed by atoms with Gasteiger partial charge in [0.1, 0.15) is 6.61 Å². The van der Waals surface area contributed by atoms with Gasteiger partial charge in [-0.1, -0.05) is 0 Å². The van der Waals surface area contributed by atoms with Crippen LogP contribution in [0.2, 0.25) is 0 Å². The fraction of sp³-hybridized carbons (Fsp3) is 1.00. The van der Waals surface area contributed by atoms with Crippen LogP contribution in [0.5, 0.6) is 0 Å². The van der Waals surface area contributed by atoms with Gasteiger partial charge >= 0.3 is 0 Å². The molecule has 1 heterocycles. The third-order valence-corrected chi connectivity index (χ3v) is 0.911. The van der Waals surface area contributed by atoms with Crippen LogP contribution in [0.3, 0.4) is 0 Å². The average Bonchev–Trinajstić information content (AvgIpc) is 1.62. The molecule has 0 atom stereocenters. The molecular weight excluding hydrogens is 108 g/mol. The molecule has 3 heteroatoms. The summed E-state index contributed by atoms with van der Waals surface area (Å²) in [5.41, 5.74) is 0. The van der Waals surface area contributed by atoms with E-state index in [4.69, 9.17) is 9.62 Å². The highest BCUT2D eigenvalue weighted by molar-refractivity contribution is 4.34. The molecular formula is C5H10O3. The van der Waals surface area contributed by atoms with Gasteiger partial charge in [0.25, 0.3) is 0 Å². The molecule has 1 saturated heterocycles. The zero-order valence-electron chi connectivity index (χ0n) is 4.76. The van der Waals surface area contributed by atoms with Crippen molar-refractivity contribution in [3.8, 4) is 0 Å². The summed E-state index contributed by atoms with van der Waals surface area (Å²) in [6.07, 6.45) is 0.931. The van der Waals surface area contributed by atoms with Gasteiger partial charge in [-0.2, -0.15) is 0 Å². The molecule has 1 fully saturated rings. The third kappa shape index (κ3) is 2.26. The molecule has 0 aromatic rings. The van der Waals surface area contributed by atoms with E-state index in [9.17, 15) is 0 Å². The lowest BCUT2D eigenvalue weighted by Crippen LogP contribution is -2.11. The largest absolute Gasteiger partial charge is 0.379 e. The lowest BCUT2D eigenvalue weighted by atomic mass is 10.5. The van der Waals surface area contributed by atoms with E-state index in [0.717, 1.165) is 13.0 Å². The molecule has 0 spiro atoms. The molecule has 1 rings (SSSR count). The topological polar surface area (TPSA) is 27.7 Å². The van der Waals surface area contributed by atoms with Crippen LogP contribution in [0.1, 0.15) is 6.42 Å². The lowest BCUT2D eigenvalue weighted by Gasteiger charge is -2.08. The summed E-state index contributed by atoms with van der Waals surface area (Å²) in [7, 11) is 0. The molecule has 8 heavy (non-hydrogen) atoms. The molecule has 3 nitrogen and oxygen atoms in total. The van der Waals surface area contributed by atoms with E-state index < -0.39 is 0 Å². The molecule has 0 unspecified atom stereocenters. The van der Waals surface area contributed by atoms with Crippen LogP contribution in [-0.4, -0.2) is 26.4 Å². The minimum Gasteiger partial charge on any atom is -0.379 e. The molecule has 1 aliphatic rings. The molecule has 0 bridgehead atoms. The Balaban J connectivity index is 2.00. The quantitative estimate of drug-likeness (QED) is 0.430. The highest BCUT2D eigenvalue weighted by atomic mass is 17.2. The lowest BCUT2D eigenvalue weighted by molar-refractivity contribution is -0.307. The van der Waals surface area contributed by atoms with Crippen LogP contribution in [0.4, 0.5) is 0 Å². The van der Waals surface area contributed by atoms with Gasteiger partial charge in [0.05, 0.1) is 13.2 Å². The number of hydrogen-bond acceptors (Lipinski definition) is 3.